The van der Waals surface area contributed by atoms with Crippen LogP contribution in [0.1, 0.15) is 27.3 Å². The SMILES string of the molecule is Cc1ccc2nc(CN(Cc3ncn4c(N)cc(Cl)cc34)C(=O)c3cn[nH]c3)cn2c1. The van der Waals surface area contributed by atoms with Crippen molar-refractivity contribution in [3.8, 4) is 0 Å². The molecule has 0 aromatic carbocycles. The van der Waals surface area contributed by atoms with Gasteiger partial charge in [-0.2, -0.15) is 5.10 Å². The van der Waals surface area contributed by atoms with Crippen LogP contribution in [0.2, 0.25) is 5.02 Å². The van der Waals surface area contributed by atoms with Gasteiger partial charge in [0.2, 0.25) is 0 Å². The molecule has 3 N–H and O–H groups in total. The predicted molar refractivity (Wildman–Crippen MR) is 117 cm³/mol. The summed E-state index contributed by atoms with van der Waals surface area (Å²) in [6.07, 6.45) is 8.63. The summed E-state index contributed by atoms with van der Waals surface area (Å²) in [5.41, 5.74) is 10.7. The molecule has 156 valence electrons. The van der Waals surface area contributed by atoms with Crippen molar-refractivity contribution in [2.24, 2.45) is 0 Å². The number of carbonyl (C=O) groups is 1. The molecule has 0 saturated carbocycles. The number of nitrogens with zero attached hydrogens (tertiary/aromatic N) is 6. The Balaban J connectivity index is 1.52. The average Bonchev–Trinajstić information content (AvgIpc) is 3.46. The van der Waals surface area contributed by atoms with Gasteiger partial charge in [0.05, 0.1) is 41.8 Å². The van der Waals surface area contributed by atoms with Gasteiger partial charge >= 0.3 is 0 Å². The lowest BCUT2D eigenvalue weighted by Crippen LogP contribution is -2.30. The molecule has 0 unspecified atom stereocenters. The van der Waals surface area contributed by atoms with Gasteiger partial charge in [-0.05, 0) is 30.7 Å². The number of hydrogen-bond acceptors (Lipinski definition) is 5. The maximum absolute atomic E-state index is 13.2. The van der Waals surface area contributed by atoms with Gasteiger partial charge in [0.25, 0.3) is 5.91 Å². The summed E-state index contributed by atoms with van der Waals surface area (Å²) in [4.78, 5) is 24.0. The molecular weight excluding hydrogens is 416 g/mol. The minimum Gasteiger partial charge on any atom is -0.385 e. The summed E-state index contributed by atoms with van der Waals surface area (Å²) in [6.45, 7) is 2.58. The number of hydrogen-bond donors (Lipinski definition) is 2. The highest BCUT2D eigenvalue weighted by atomic mass is 35.5. The number of fused-ring (bicyclic) bond motifs is 2. The van der Waals surface area contributed by atoms with E-state index in [2.05, 4.69) is 20.2 Å². The van der Waals surface area contributed by atoms with E-state index in [4.69, 9.17) is 17.3 Å². The number of amides is 1. The van der Waals surface area contributed by atoms with Crippen LogP contribution in [0, 0.1) is 6.92 Å². The number of aromatic amines is 1. The van der Waals surface area contributed by atoms with Crippen molar-refractivity contribution in [1.29, 1.82) is 0 Å². The quantitative estimate of drug-likeness (QED) is 0.441. The van der Waals surface area contributed by atoms with E-state index in [-0.39, 0.29) is 12.5 Å². The number of nitrogen functional groups attached to an aromatic ring is 1. The number of rotatable bonds is 5. The third kappa shape index (κ3) is 3.59. The smallest absolute Gasteiger partial charge is 0.257 e. The Labute approximate surface area is 182 Å². The van der Waals surface area contributed by atoms with Gasteiger partial charge in [-0.1, -0.05) is 17.7 Å². The van der Waals surface area contributed by atoms with Gasteiger partial charge in [0.1, 0.15) is 17.8 Å². The minimum absolute atomic E-state index is 0.182. The predicted octanol–water partition coefficient (Wildman–Crippen LogP) is 3.09. The van der Waals surface area contributed by atoms with Crippen molar-refractivity contribution in [1.82, 2.24) is 33.9 Å². The highest BCUT2D eigenvalue weighted by molar-refractivity contribution is 6.31. The third-order valence-corrected chi connectivity index (χ3v) is 5.32. The van der Waals surface area contributed by atoms with Gasteiger partial charge < -0.3 is 15.0 Å². The maximum atomic E-state index is 13.2. The average molecular weight is 435 g/mol. The van der Waals surface area contributed by atoms with Gasteiger partial charge in [-0.15, -0.1) is 0 Å². The molecule has 5 aromatic rings. The molecule has 0 aliphatic carbocycles. The number of imidazole rings is 2. The second-order valence-corrected chi connectivity index (χ2v) is 7.83. The zero-order valence-electron chi connectivity index (χ0n) is 16.7. The second-order valence-electron chi connectivity index (χ2n) is 7.40. The van der Waals surface area contributed by atoms with Crippen molar-refractivity contribution >= 4 is 34.5 Å². The minimum atomic E-state index is -0.182. The van der Waals surface area contributed by atoms with Crippen molar-refractivity contribution in [2.75, 3.05) is 5.73 Å². The van der Waals surface area contributed by atoms with E-state index in [1.165, 1.54) is 6.20 Å². The van der Waals surface area contributed by atoms with Gasteiger partial charge in [-0.3, -0.25) is 14.3 Å². The van der Waals surface area contributed by atoms with Crippen molar-refractivity contribution < 1.29 is 4.79 Å². The first-order chi connectivity index (χ1) is 15.0. The highest BCUT2D eigenvalue weighted by Gasteiger charge is 2.21. The summed E-state index contributed by atoms with van der Waals surface area (Å²) < 4.78 is 3.70. The topological polar surface area (TPSA) is 110 Å². The Hall–Kier alpha value is -3.85. The molecule has 31 heavy (non-hydrogen) atoms. The van der Waals surface area contributed by atoms with E-state index in [1.807, 2.05) is 35.9 Å². The molecule has 0 aliphatic heterocycles. The number of nitrogens with one attached hydrogen (secondary N) is 1. The normalized spacial score (nSPS) is 11.4. The molecular formula is C21H19ClN8O. The molecule has 0 spiro atoms. The van der Waals surface area contributed by atoms with Crippen LogP contribution in [0.4, 0.5) is 5.82 Å². The first kappa shape index (κ1) is 19.1. The number of nitrogens with two attached hydrogens (primary N) is 1. The van der Waals surface area contributed by atoms with E-state index in [0.29, 0.717) is 28.6 Å². The summed E-state index contributed by atoms with van der Waals surface area (Å²) in [6, 6.07) is 7.40. The standard InChI is InChI=1S/C21H19ClN8O/c1-13-2-3-20-27-16(9-28(20)8-13)10-29(21(31)14-6-25-26-7-14)11-17-18-4-15(22)5-19(23)30(18)12-24-17/h2-9,12H,10-11,23H2,1H3,(H,25,26). The van der Waals surface area contributed by atoms with Gasteiger partial charge in [0.15, 0.2) is 0 Å². The molecule has 5 aromatic heterocycles. The van der Waals surface area contributed by atoms with E-state index in [0.717, 1.165) is 22.4 Å². The number of carbonyl (C=O) groups excluding carboxylic acids is 1. The molecule has 0 radical (unpaired) electrons. The molecule has 0 fully saturated rings. The number of halogens is 1. The van der Waals surface area contributed by atoms with E-state index in [9.17, 15) is 4.79 Å². The Morgan fingerprint density at radius 3 is 2.94 bits per heavy atom. The number of H-pyrrole nitrogens is 1. The lowest BCUT2D eigenvalue weighted by atomic mass is 10.2. The molecule has 5 rings (SSSR count). The van der Waals surface area contributed by atoms with Crippen LogP contribution in [-0.4, -0.2) is 39.8 Å². The van der Waals surface area contributed by atoms with Gasteiger partial charge in [0, 0.05) is 23.6 Å². The first-order valence-corrected chi connectivity index (χ1v) is 9.99. The summed E-state index contributed by atoms with van der Waals surface area (Å²) in [5, 5.41) is 7.10. The number of aryl methyl sites for hydroxylation is 1. The summed E-state index contributed by atoms with van der Waals surface area (Å²) >= 11 is 6.19. The number of anilines is 1. The Morgan fingerprint density at radius 1 is 1.26 bits per heavy atom. The highest BCUT2D eigenvalue weighted by Crippen LogP contribution is 2.23. The molecule has 0 saturated heterocycles. The van der Waals surface area contributed by atoms with E-state index >= 15 is 0 Å². The Kier molecular flexibility index (Phi) is 4.59. The fraction of sp³-hybridized carbons (Fsp3) is 0.143. The van der Waals surface area contributed by atoms with E-state index < -0.39 is 0 Å². The fourth-order valence-corrected chi connectivity index (χ4v) is 3.83. The van der Waals surface area contributed by atoms with Crippen LogP contribution >= 0.6 is 11.6 Å². The zero-order chi connectivity index (χ0) is 21.5. The largest absolute Gasteiger partial charge is 0.385 e. The fourth-order valence-electron chi connectivity index (χ4n) is 3.62. The first-order valence-electron chi connectivity index (χ1n) is 9.61. The van der Waals surface area contributed by atoms with Crippen LogP contribution in [0.3, 0.4) is 0 Å². The monoisotopic (exact) mass is 434 g/mol. The number of pyridine rings is 2. The van der Waals surface area contributed by atoms with E-state index in [1.54, 1.807) is 34.0 Å². The molecule has 9 nitrogen and oxygen atoms in total. The number of aromatic nitrogens is 6. The molecule has 5 heterocycles. The lowest BCUT2D eigenvalue weighted by Gasteiger charge is -2.20. The Morgan fingerprint density at radius 2 is 2.13 bits per heavy atom. The summed E-state index contributed by atoms with van der Waals surface area (Å²) in [5.74, 6) is 0.294. The molecule has 0 bridgehead atoms. The van der Waals surface area contributed by atoms with Crippen molar-refractivity contribution in [3.63, 3.8) is 0 Å². The third-order valence-electron chi connectivity index (χ3n) is 5.10. The van der Waals surface area contributed by atoms with Crippen LogP contribution in [0.25, 0.3) is 11.2 Å². The van der Waals surface area contributed by atoms with Crippen molar-refractivity contribution in [3.05, 3.63) is 82.9 Å². The molecule has 0 atom stereocenters. The summed E-state index contributed by atoms with van der Waals surface area (Å²) in [7, 11) is 0. The zero-order valence-corrected chi connectivity index (χ0v) is 17.4. The van der Waals surface area contributed by atoms with Crippen LogP contribution in [0.15, 0.2) is 55.4 Å². The molecule has 1 amide bonds. The molecule has 0 aliphatic rings. The van der Waals surface area contributed by atoms with Crippen LogP contribution in [0.5, 0.6) is 0 Å². The van der Waals surface area contributed by atoms with Crippen LogP contribution < -0.4 is 5.73 Å². The maximum Gasteiger partial charge on any atom is 0.257 e. The van der Waals surface area contributed by atoms with Gasteiger partial charge in [-0.25, -0.2) is 9.97 Å². The molecule has 10 heteroatoms. The second kappa shape index (κ2) is 7.44. The lowest BCUT2D eigenvalue weighted by molar-refractivity contribution is 0.0727. The Bertz CT molecular complexity index is 1400. The van der Waals surface area contributed by atoms with Crippen LogP contribution in [-0.2, 0) is 13.1 Å². The van der Waals surface area contributed by atoms with Crippen molar-refractivity contribution in [2.45, 2.75) is 20.0 Å².